The van der Waals surface area contributed by atoms with Crippen molar-refractivity contribution in [2.45, 2.75) is 25.3 Å². The van der Waals surface area contributed by atoms with Crippen LogP contribution in [0.5, 0.6) is 5.06 Å². The zero-order chi connectivity index (χ0) is 16.4. The van der Waals surface area contributed by atoms with Gasteiger partial charge in [0.25, 0.3) is 0 Å². The van der Waals surface area contributed by atoms with E-state index in [-0.39, 0.29) is 17.8 Å². The number of thiazole rings is 1. The van der Waals surface area contributed by atoms with E-state index in [0.717, 1.165) is 12.8 Å². The molecule has 1 N–H and O–H groups in total. The maximum Gasteiger partial charge on any atom is 0.323 e. The van der Waals surface area contributed by atoms with E-state index in [0.29, 0.717) is 36.2 Å². The van der Waals surface area contributed by atoms with Crippen LogP contribution in [0.4, 0.5) is 9.93 Å². The molecule has 23 heavy (non-hydrogen) atoms. The Morgan fingerprint density at radius 1 is 1.43 bits per heavy atom. The third-order valence-corrected chi connectivity index (χ3v) is 7.00. The van der Waals surface area contributed by atoms with Gasteiger partial charge in [0, 0.05) is 25.7 Å². The zero-order valence-electron chi connectivity index (χ0n) is 12.9. The number of hydrogen-bond donors (Lipinski definition) is 1. The first kappa shape index (κ1) is 16.5. The Balaban J connectivity index is 1.62. The van der Waals surface area contributed by atoms with Gasteiger partial charge in [-0.15, -0.1) is 0 Å². The van der Waals surface area contributed by atoms with Crippen molar-refractivity contribution < 1.29 is 17.9 Å². The van der Waals surface area contributed by atoms with Crippen LogP contribution in [0, 0.1) is 0 Å². The molecule has 2 amide bonds. The van der Waals surface area contributed by atoms with E-state index in [9.17, 15) is 13.2 Å². The summed E-state index contributed by atoms with van der Waals surface area (Å²) in [5, 5.41) is 3.84. The minimum atomic E-state index is -3.15. The standard InChI is InChI=1S/C13H20N4O4S2/c1-21-11-8-14-12(22-11)15-13(18)16-5-2-4-10(9-16)17-6-3-7-23(17,19)20/h8,10H,2-7,9H2,1H3,(H,14,15,18). The molecule has 8 nitrogen and oxygen atoms in total. The lowest BCUT2D eigenvalue weighted by Gasteiger charge is -2.36. The van der Waals surface area contributed by atoms with Gasteiger partial charge in [-0.3, -0.25) is 5.32 Å². The van der Waals surface area contributed by atoms with Gasteiger partial charge in [-0.25, -0.2) is 18.2 Å². The number of carbonyl (C=O) groups is 1. The van der Waals surface area contributed by atoms with Gasteiger partial charge in [0.2, 0.25) is 10.0 Å². The number of aromatic nitrogens is 1. The number of amides is 2. The van der Waals surface area contributed by atoms with Crippen LogP contribution in [0.2, 0.25) is 0 Å². The van der Waals surface area contributed by atoms with Crippen molar-refractivity contribution in [3.63, 3.8) is 0 Å². The van der Waals surface area contributed by atoms with Crippen LogP contribution in [0.1, 0.15) is 19.3 Å². The van der Waals surface area contributed by atoms with Crippen LogP contribution in [0.3, 0.4) is 0 Å². The molecule has 2 saturated heterocycles. The van der Waals surface area contributed by atoms with Crippen molar-refractivity contribution in [1.82, 2.24) is 14.2 Å². The Morgan fingerprint density at radius 3 is 2.91 bits per heavy atom. The molecule has 1 aromatic heterocycles. The maximum atomic E-state index is 12.4. The van der Waals surface area contributed by atoms with Gasteiger partial charge in [-0.1, -0.05) is 11.3 Å². The van der Waals surface area contributed by atoms with Crippen molar-refractivity contribution in [2.24, 2.45) is 0 Å². The van der Waals surface area contributed by atoms with E-state index in [4.69, 9.17) is 4.74 Å². The molecule has 0 bridgehead atoms. The second-order valence-electron chi connectivity index (χ2n) is 5.64. The number of nitrogens with zero attached hydrogens (tertiary/aromatic N) is 3. The predicted octanol–water partition coefficient (Wildman–Crippen LogP) is 1.18. The van der Waals surface area contributed by atoms with E-state index < -0.39 is 10.0 Å². The Bertz CT molecular complexity index is 675. The summed E-state index contributed by atoms with van der Waals surface area (Å²) in [6, 6.07) is -0.365. The molecule has 2 aliphatic heterocycles. The van der Waals surface area contributed by atoms with Gasteiger partial charge < -0.3 is 9.64 Å². The SMILES string of the molecule is COc1cnc(NC(=O)N2CCCC(N3CCCS3(=O)=O)C2)s1. The summed E-state index contributed by atoms with van der Waals surface area (Å²) in [4.78, 5) is 18.1. The molecule has 128 valence electrons. The molecule has 0 aliphatic carbocycles. The maximum absolute atomic E-state index is 12.4. The van der Waals surface area contributed by atoms with E-state index in [1.54, 1.807) is 22.5 Å². The average molecular weight is 360 g/mol. The molecule has 1 unspecified atom stereocenters. The summed E-state index contributed by atoms with van der Waals surface area (Å²) in [5.74, 6) is 0.217. The first-order valence-electron chi connectivity index (χ1n) is 7.55. The van der Waals surface area contributed by atoms with Gasteiger partial charge in [-0.2, -0.15) is 4.31 Å². The minimum Gasteiger partial charge on any atom is -0.486 e. The van der Waals surface area contributed by atoms with E-state index in [1.807, 2.05) is 0 Å². The van der Waals surface area contributed by atoms with Gasteiger partial charge in [0.1, 0.15) is 0 Å². The summed E-state index contributed by atoms with van der Waals surface area (Å²) in [5.41, 5.74) is 0. The smallest absolute Gasteiger partial charge is 0.323 e. The van der Waals surface area contributed by atoms with Crippen molar-refractivity contribution in [1.29, 1.82) is 0 Å². The number of ether oxygens (including phenoxy) is 1. The molecule has 3 rings (SSSR count). The van der Waals surface area contributed by atoms with Crippen LogP contribution in [0.25, 0.3) is 0 Å². The largest absolute Gasteiger partial charge is 0.486 e. The summed E-state index contributed by atoms with van der Waals surface area (Å²) in [6.45, 7) is 1.61. The molecule has 3 heterocycles. The highest BCUT2D eigenvalue weighted by atomic mass is 32.2. The number of anilines is 1. The molecule has 0 radical (unpaired) electrons. The predicted molar refractivity (Wildman–Crippen MR) is 87.4 cm³/mol. The fourth-order valence-corrected chi connectivity index (χ4v) is 5.41. The lowest BCUT2D eigenvalue weighted by molar-refractivity contribution is 0.163. The third kappa shape index (κ3) is 3.59. The molecule has 2 fully saturated rings. The van der Waals surface area contributed by atoms with Crippen molar-refractivity contribution in [3.05, 3.63) is 6.20 Å². The number of nitrogens with one attached hydrogen (secondary N) is 1. The first-order chi connectivity index (χ1) is 11.0. The van der Waals surface area contributed by atoms with Gasteiger partial charge in [-0.05, 0) is 19.3 Å². The minimum absolute atomic E-state index is 0.118. The number of piperidine rings is 1. The fourth-order valence-electron chi connectivity index (χ4n) is 3.03. The van der Waals surface area contributed by atoms with Crippen molar-refractivity contribution in [3.8, 4) is 5.06 Å². The van der Waals surface area contributed by atoms with E-state index in [2.05, 4.69) is 10.3 Å². The number of carbonyl (C=O) groups excluding carboxylic acids is 1. The molecule has 0 spiro atoms. The summed E-state index contributed by atoms with van der Waals surface area (Å²) in [7, 11) is -1.60. The number of sulfonamides is 1. The lowest BCUT2D eigenvalue weighted by Crippen LogP contribution is -2.51. The van der Waals surface area contributed by atoms with Crippen LogP contribution in [-0.2, 0) is 10.0 Å². The number of urea groups is 1. The Morgan fingerprint density at radius 2 is 2.26 bits per heavy atom. The molecular formula is C13H20N4O4S2. The summed E-state index contributed by atoms with van der Waals surface area (Å²) in [6.07, 6.45) is 3.82. The highest BCUT2D eigenvalue weighted by Gasteiger charge is 2.37. The van der Waals surface area contributed by atoms with Crippen molar-refractivity contribution >= 4 is 32.5 Å². The van der Waals surface area contributed by atoms with E-state index in [1.165, 1.54) is 11.3 Å². The number of rotatable bonds is 3. The van der Waals surface area contributed by atoms with Gasteiger partial charge in [0.05, 0.1) is 19.1 Å². The highest BCUT2D eigenvalue weighted by molar-refractivity contribution is 7.89. The quantitative estimate of drug-likeness (QED) is 0.874. The topological polar surface area (TPSA) is 91.8 Å². The van der Waals surface area contributed by atoms with Crippen LogP contribution in [-0.4, -0.2) is 67.2 Å². The fraction of sp³-hybridized carbons (Fsp3) is 0.692. The normalized spacial score (nSPS) is 24.6. The first-order valence-corrected chi connectivity index (χ1v) is 9.97. The Labute approximate surface area is 139 Å². The molecule has 1 aromatic rings. The molecule has 2 aliphatic rings. The number of hydrogen-bond acceptors (Lipinski definition) is 6. The van der Waals surface area contributed by atoms with E-state index >= 15 is 0 Å². The van der Waals surface area contributed by atoms with Crippen LogP contribution in [0.15, 0.2) is 6.20 Å². The summed E-state index contributed by atoms with van der Waals surface area (Å²) >= 11 is 1.25. The van der Waals surface area contributed by atoms with Gasteiger partial charge >= 0.3 is 6.03 Å². The molecular weight excluding hydrogens is 340 g/mol. The second kappa shape index (κ2) is 6.62. The van der Waals surface area contributed by atoms with Crippen LogP contribution < -0.4 is 10.1 Å². The molecule has 10 heteroatoms. The second-order valence-corrected chi connectivity index (χ2v) is 8.68. The van der Waals surface area contributed by atoms with Gasteiger partial charge in [0.15, 0.2) is 10.2 Å². The molecule has 0 saturated carbocycles. The van der Waals surface area contributed by atoms with Crippen LogP contribution >= 0.6 is 11.3 Å². The highest BCUT2D eigenvalue weighted by Crippen LogP contribution is 2.27. The third-order valence-electron chi connectivity index (χ3n) is 4.13. The Kier molecular flexibility index (Phi) is 4.74. The summed E-state index contributed by atoms with van der Waals surface area (Å²) < 4.78 is 30.7. The number of methoxy groups -OCH3 is 1. The Hall–Kier alpha value is -1.39. The van der Waals surface area contributed by atoms with Crippen molar-refractivity contribution in [2.75, 3.05) is 37.8 Å². The number of likely N-dealkylation sites (tertiary alicyclic amines) is 1. The zero-order valence-corrected chi connectivity index (χ0v) is 14.5. The molecule has 1 atom stereocenters. The lowest BCUT2D eigenvalue weighted by atomic mass is 10.1. The average Bonchev–Trinajstić information content (AvgIpc) is 3.13. The monoisotopic (exact) mass is 360 g/mol. The molecule has 0 aromatic carbocycles.